The van der Waals surface area contributed by atoms with Gasteiger partial charge in [-0.05, 0) is 32.1 Å². The van der Waals surface area contributed by atoms with E-state index in [1.165, 1.54) is 12.1 Å². The highest BCUT2D eigenvalue weighted by atomic mass is 32.2. The number of esters is 1. The molecule has 8 nitrogen and oxygen atoms in total. The van der Waals surface area contributed by atoms with Crippen molar-refractivity contribution in [1.82, 2.24) is 5.32 Å². The Balaban J connectivity index is 2.37. The highest BCUT2D eigenvalue weighted by Crippen LogP contribution is 2.16. The van der Waals surface area contributed by atoms with Crippen LogP contribution < -0.4 is 5.32 Å². The molecule has 1 aromatic rings. The summed E-state index contributed by atoms with van der Waals surface area (Å²) in [5, 5.41) is 2.52. The maximum Gasteiger partial charge on any atom is 0.407 e. The van der Waals surface area contributed by atoms with Crippen molar-refractivity contribution >= 4 is 22.2 Å². The van der Waals surface area contributed by atoms with Crippen molar-refractivity contribution in [2.24, 2.45) is 0 Å². The molecule has 0 spiro atoms. The zero-order chi connectivity index (χ0) is 19.6. The number of nitrogens with one attached hydrogen (secondary N) is 1. The van der Waals surface area contributed by atoms with E-state index in [1.807, 2.05) is 6.92 Å². The number of hydrogen-bond acceptors (Lipinski definition) is 7. The lowest BCUT2D eigenvalue weighted by molar-refractivity contribution is -0.142. The van der Waals surface area contributed by atoms with Crippen LogP contribution in [-0.2, 0) is 28.6 Å². The van der Waals surface area contributed by atoms with Crippen LogP contribution in [0.2, 0.25) is 0 Å². The standard InChI is InChI=1S/C17H23NO7S/c1-4-5-10-18-17(20)24-12-11-23-16(19)14(3)25-26(21,22)15-8-6-13(2)7-9-15/h6-9H,3-5,10-12H2,1-2H3,(H,18,20). The Bertz CT molecular complexity index is 726. The third kappa shape index (κ3) is 7.56. The van der Waals surface area contributed by atoms with Crippen molar-refractivity contribution in [3.05, 3.63) is 42.2 Å². The number of carbonyl (C=O) groups is 2. The molecule has 0 atom stereocenters. The summed E-state index contributed by atoms with van der Waals surface area (Å²) >= 11 is 0. The molecule has 1 N–H and O–H groups in total. The number of unbranched alkanes of at least 4 members (excludes halogenated alkanes) is 1. The summed E-state index contributed by atoms with van der Waals surface area (Å²) in [6.45, 7) is 7.10. The average molecular weight is 385 g/mol. The second-order valence-corrected chi connectivity index (χ2v) is 6.87. The van der Waals surface area contributed by atoms with Crippen molar-refractivity contribution in [2.75, 3.05) is 19.8 Å². The minimum Gasteiger partial charge on any atom is -0.456 e. The van der Waals surface area contributed by atoms with Crippen LogP contribution in [0.3, 0.4) is 0 Å². The largest absolute Gasteiger partial charge is 0.456 e. The molecule has 26 heavy (non-hydrogen) atoms. The monoisotopic (exact) mass is 385 g/mol. The molecule has 0 unspecified atom stereocenters. The van der Waals surface area contributed by atoms with Crippen molar-refractivity contribution in [2.45, 2.75) is 31.6 Å². The van der Waals surface area contributed by atoms with Crippen LogP contribution in [0.15, 0.2) is 41.5 Å². The first-order chi connectivity index (χ1) is 12.3. The molecule has 0 bridgehead atoms. The van der Waals surface area contributed by atoms with Crippen molar-refractivity contribution in [1.29, 1.82) is 0 Å². The summed E-state index contributed by atoms with van der Waals surface area (Å²) in [6, 6.07) is 5.91. The summed E-state index contributed by atoms with van der Waals surface area (Å²) in [7, 11) is -4.17. The lowest BCUT2D eigenvalue weighted by Crippen LogP contribution is -2.27. The lowest BCUT2D eigenvalue weighted by Gasteiger charge is -2.10. The van der Waals surface area contributed by atoms with Crippen molar-refractivity contribution in [3.63, 3.8) is 0 Å². The minimum absolute atomic E-state index is 0.107. The van der Waals surface area contributed by atoms with Gasteiger partial charge in [0.05, 0.1) is 0 Å². The van der Waals surface area contributed by atoms with Crippen LogP contribution in [-0.4, -0.2) is 40.2 Å². The quantitative estimate of drug-likeness (QED) is 0.216. The molecule has 1 amide bonds. The molecule has 1 aromatic carbocycles. The Hall–Kier alpha value is -2.55. The van der Waals surface area contributed by atoms with Crippen LogP contribution in [0.4, 0.5) is 4.79 Å². The third-order valence-corrected chi connectivity index (χ3v) is 4.37. The predicted octanol–water partition coefficient (Wildman–Crippen LogP) is 2.28. The van der Waals surface area contributed by atoms with Crippen LogP contribution in [0.1, 0.15) is 25.3 Å². The maximum absolute atomic E-state index is 12.0. The zero-order valence-corrected chi connectivity index (χ0v) is 15.6. The lowest BCUT2D eigenvalue weighted by atomic mass is 10.2. The second kappa shape index (κ2) is 10.4. The molecule has 9 heteroatoms. The molecular formula is C17H23NO7S. The van der Waals surface area contributed by atoms with Gasteiger partial charge in [-0.1, -0.05) is 31.0 Å². The van der Waals surface area contributed by atoms with E-state index >= 15 is 0 Å². The predicted molar refractivity (Wildman–Crippen MR) is 93.8 cm³/mol. The highest BCUT2D eigenvalue weighted by molar-refractivity contribution is 7.86. The first-order valence-corrected chi connectivity index (χ1v) is 9.45. The summed E-state index contributed by atoms with van der Waals surface area (Å²) < 4.78 is 38.3. The fourth-order valence-electron chi connectivity index (χ4n) is 1.69. The van der Waals surface area contributed by atoms with Gasteiger partial charge in [0, 0.05) is 6.54 Å². The maximum atomic E-state index is 12.0. The van der Waals surface area contributed by atoms with Gasteiger partial charge in [-0.2, -0.15) is 8.42 Å². The van der Waals surface area contributed by atoms with E-state index in [9.17, 15) is 18.0 Å². The van der Waals surface area contributed by atoms with Gasteiger partial charge in [-0.3, -0.25) is 0 Å². The number of amides is 1. The van der Waals surface area contributed by atoms with Gasteiger partial charge in [-0.15, -0.1) is 0 Å². The van der Waals surface area contributed by atoms with Gasteiger partial charge in [0.25, 0.3) is 0 Å². The van der Waals surface area contributed by atoms with E-state index in [4.69, 9.17) is 9.47 Å². The van der Waals surface area contributed by atoms with Gasteiger partial charge in [0.15, 0.2) is 0 Å². The second-order valence-electron chi connectivity index (χ2n) is 5.33. The molecule has 0 aromatic heterocycles. The van der Waals surface area contributed by atoms with E-state index in [2.05, 4.69) is 16.1 Å². The molecule has 144 valence electrons. The van der Waals surface area contributed by atoms with Crippen LogP contribution >= 0.6 is 0 Å². The minimum atomic E-state index is -4.17. The first-order valence-electron chi connectivity index (χ1n) is 8.04. The fraction of sp³-hybridized carbons (Fsp3) is 0.412. The number of alkyl carbamates (subject to hydrolysis) is 1. The number of rotatable bonds is 10. The van der Waals surface area contributed by atoms with Crippen LogP contribution in [0.5, 0.6) is 0 Å². The first kappa shape index (κ1) is 21.5. The van der Waals surface area contributed by atoms with Gasteiger partial charge < -0.3 is 19.0 Å². The van der Waals surface area contributed by atoms with E-state index < -0.39 is 27.9 Å². The Morgan fingerprint density at radius 1 is 1.12 bits per heavy atom. The Morgan fingerprint density at radius 2 is 1.73 bits per heavy atom. The molecule has 0 radical (unpaired) electrons. The van der Waals surface area contributed by atoms with E-state index in [0.29, 0.717) is 6.54 Å². The van der Waals surface area contributed by atoms with E-state index in [1.54, 1.807) is 19.1 Å². The molecule has 0 aliphatic rings. The van der Waals surface area contributed by atoms with E-state index in [0.717, 1.165) is 18.4 Å². The van der Waals surface area contributed by atoms with Crippen molar-refractivity contribution < 1.29 is 31.7 Å². The molecule has 0 aliphatic heterocycles. The molecule has 0 heterocycles. The number of ether oxygens (including phenoxy) is 2. The summed E-state index contributed by atoms with van der Waals surface area (Å²) in [5.41, 5.74) is 0.876. The Kier molecular flexibility index (Phi) is 8.63. The zero-order valence-electron chi connectivity index (χ0n) is 14.8. The van der Waals surface area contributed by atoms with E-state index in [-0.39, 0.29) is 18.1 Å². The molecule has 0 fully saturated rings. The Morgan fingerprint density at radius 3 is 2.35 bits per heavy atom. The van der Waals surface area contributed by atoms with Gasteiger partial charge in [-0.25, -0.2) is 9.59 Å². The molecule has 0 aliphatic carbocycles. The normalized spacial score (nSPS) is 10.7. The van der Waals surface area contributed by atoms with Crippen LogP contribution in [0, 0.1) is 6.92 Å². The number of aryl methyl sites for hydroxylation is 1. The summed E-state index contributed by atoms with van der Waals surface area (Å²) in [6.07, 6.45) is 1.15. The molecule has 0 saturated carbocycles. The summed E-state index contributed by atoms with van der Waals surface area (Å²) in [5.74, 6) is -1.74. The molecular weight excluding hydrogens is 362 g/mol. The fourth-order valence-corrected chi connectivity index (χ4v) is 2.59. The number of hydrogen-bond donors (Lipinski definition) is 1. The SMILES string of the molecule is C=C(OS(=O)(=O)c1ccc(C)cc1)C(=O)OCCOC(=O)NCCCC. The number of benzene rings is 1. The topological polar surface area (TPSA) is 108 Å². The number of carbonyl (C=O) groups excluding carboxylic acids is 2. The molecule has 1 rings (SSSR count). The summed E-state index contributed by atoms with van der Waals surface area (Å²) in [4.78, 5) is 22.9. The Labute approximate surface area is 153 Å². The third-order valence-electron chi connectivity index (χ3n) is 3.10. The van der Waals surface area contributed by atoms with Crippen LogP contribution in [0.25, 0.3) is 0 Å². The highest BCUT2D eigenvalue weighted by Gasteiger charge is 2.21. The van der Waals surface area contributed by atoms with Gasteiger partial charge in [0.1, 0.15) is 18.1 Å². The molecule has 0 saturated heterocycles. The smallest absolute Gasteiger partial charge is 0.407 e. The van der Waals surface area contributed by atoms with Crippen molar-refractivity contribution in [3.8, 4) is 0 Å². The van der Waals surface area contributed by atoms with Gasteiger partial charge in [0.2, 0.25) is 5.76 Å². The van der Waals surface area contributed by atoms with Gasteiger partial charge >= 0.3 is 22.2 Å². The average Bonchev–Trinajstić information content (AvgIpc) is 2.58.